The van der Waals surface area contributed by atoms with E-state index in [1.807, 2.05) is 41.0 Å². The van der Waals surface area contributed by atoms with Crippen molar-refractivity contribution in [3.05, 3.63) is 70.4 Å². The highest BCUT2D eigenvalue weighted by atomic mass is 16.4. The molecule has 2 aromatic heterocycles. The van der Waals surface area contributed by atoms with E-state index in [0.29, 0.717) is 30.5 Å². The lowest BCUT2D eigenvalue weighted by molar-refractivity contribution is 0.173. The summed E-state index contributed by atoms with van der Waals surface area (Å²) in [5, 5.41) is 13.3. The van der Waals surface area contributed by atoms with E-state index in [2.05, 4.69) is 20.0 Å². The Morgan fingerprint density at radius 2 is 1.93 bits per heavy atom. The summed E-state index contributed by atoms with van der Waals surface area (Å²) in [5.41, 5.74) is 3.26. The molecule has 136 valence electrons. The minimum Gasteiger partial charge on any atom is -0.409 e. The summed E-state index contributed by atoms with van der Waals surface area (Å²) in [5.74, 6) is 1.01. The fourth-order valence-electron chi connectivity index (χ4n) is 4.41. The molecule has 7 heteroatoms. The average molecular weight is 361 g/mol. The second-order valence-corrected chi connectivity index (χ2v) is 7.27. The van der Waals surface area contributed by atoms with Crippen LogP contribution in [0.4, 0.5) is 0 Å². The molecule has 4 heterocycles. The molecule has 7 nitrogen and oxygen atoms in total. The Kier molecular flexibility index (Phi) is 3.67. The van der Waals surface area contributed by atoms with Gasteiger partial charge in [-0.25, -0.2) is 4.98 Å². The number of pyridine rings is 1. The van der Waals surface area contributed by atoms with Crippen molar-refractivity contribution < 1.29 is 5.21 Å². The van der Waals surface area contributed by atoms with Crippen LogP contribution in [0.15, 0.2) is 58.6 Å². The number of fused-ring (bicyclic) bond motifs is 5. The van der Waals surface area contributed by atoms with Gasteiger partial charge in [0, 0.05) is 37.3 Å². The smallest absolute Gasteiger partial charge is 0.250 e. The number of likely N-dealkylation sites (tertiary alicyclic amines) is 1. The average Bonchev–Trinajstić information content (AvgIpc) is 2.69. The van der Waals surface area contributed by atoms with E-state index in [-0.39, 0.29) is 11.5 Å². The largest absolute Gasteiger partial charge is 0.409 e. The summed E-state index contributed by atoms with van der Waals surface area (Å²) >= 11 is 0. The predicted molar refractivity (Wildman–Crippen MR) is 101 cm³/mol. The molecule has 0 spiro atoms. The van der Waals surface area contributed by atoms with Crippen LogP contribution in [0.5, 0.6) is 0 Å². The Morgan fingerprint density at radius 3 is 2.78 bits per heavy atom. The minimum atomic E-state index is 0.0621. The zero-order chi connectivity index (χ0) is 18.4. The molecule has 3 aromatic rings. The number of oxime groups is 1. The van der Waals surface area contributed by atoms with Crippen molar-refractivity contribution in [1.29, 1.82) is 0 Å². The maximum Gasteiger partial charge on any atom is 0.250 e. The van der Waals surface area contributed by atoms with Gasteiger partial charge in [-0.2, -0.15) is 0 Å². The molecule has 2 atom stereocenters. The van der Waals surface area contributed by atoms with Crippen LogP contribution < -0.4 is 5.56 Å². The van der Waals surface area contributed by atoms with Crippen molar-refractivity contribution in [2.75, 3.05) is 13.1 Å². The van der Waals surface area contributed by atoms with Crippen LogP contribution in [-0.2, 0) is 6.54 Å². The van der Waals surface area contributed by atoms with Crippen LogP contribution in [-0.4, -0.2) is 43.6 Å². The van der Waals surface area contributed by atoms with E-state index in [1.165, 1.54) is 0 Å². The van der Waals surface area contributed by atoms with E-state index in [9.17, 15) is 10.0 Å². The van der Waals surface area contributed by atoms with Gasteiger partial charge in [0.15, 0.2) is 5.84 Å². The Morgan fingerprint density at radius 1 is 1.07 bits per heavy atom. The van der Waals surface area contributed by atoms with Crippen molar-refractivity contribution in [3.8, 4) is 0 Å². The van der Waals surface area contributed by atoms with Gasteiger partial charge < -0.3 is 14.7 Å². The molecular formula is C20H19N5O2. The molecule has 0 amide bonds. The highest BCUT2D eigenvalue weighted by Crippen LogP contribution is 2.35. The molecule has 2 unspecified atom stereocenters. The molecular weight excluding hydrogens is 342 g/mol. The van der Waals surface area contributed by atoms with Crippen molar-refractivity contribution >= 4 is 16.9 Å². The van der Waals surface area contributed by atoms with Gasteiger partial charge in [-0.15, -0.1) is 0 Å². The van der Waals surface area contributed by atoms with Crippen LogP contribution in [0.25, 0.3) is 11.0 Å². The topological polar surface area (TPSA) is 83.6 Å². The fraction of sp³-hybridized carbons (Fsp3) is 0.300. The van der Waals surface area contributed by atoms with Crippen LogP contribution in [0.1, 0.15) is 23.7 Å². The monoisotopic (exact) mass is 361 g/mol. The Labute approximate surface area is 155 Å². The summed E-state index contributed by atoms with van der Waals surface area (Å²) in [6.07, 6.45) is 2.70. The van der Waals surface area contributed by atoms with Crippen molar-refractivity contribution in [2.24, 2.45) is 11.1 Å². The minimum absolute atomic E-state index is 0.0621. The van der Waals surface area contributed by atoms with Crippen molar-refractivity contribution in [1.82, 2.24) is 19.4 Å². The molecule has 0 radical (unpaired) electrons. The van der Waals surface area contributed by atoms with Gasteiger partial charge >= 0.3 is 0 Å². The van der Waals surface area contributed by atoms with Gasteiger partial charge in [0.05, 0.1) is 17.2 Å². The number of hydrogen-bond acceptors (Lipinski definition) is 5. The zero-order valence-corrected chi connectivity index (χ0v) is 14.7. The first-order chi connectivity index (χ1) is 13.2. The van der Waals surface area contributed by atoms with Crippen LogP contribution in [0.2, 0.25) is 0 Å². The summed E-state index contributed by atoms with van der Waals surface area (Å²) in [7, 11) is 0. The number of aromatic nitrogens is 3. The Hall–Kier alpha value is -3.22. The Balaban J connectivity index is 1.50. The molecule has 0 aliphatic carbocycles. The van der Waals surface area contributed by atoms with E-state index >= 15 is 0 Å². The molecule has 1 fully saturated rings. The van der Waals surface area contributed by atoms with Crippen molar-refractivity contribution in [2.45, 2.75) is 18.9 Å². The van der Waals surface area contributed by atoms with Gasteiger partial charge in [-0.05, 0) is 30.5 Å². The predicted octanol–water partition coefficient (Wildman–Crippen LogP) is 2.05. The SMILES string of the molecule is O=c1cccc2n1CC1CC2CN(/C(=N\O)c2cnc3ccccc3n2)C1. The first kappa shape index (κ1) is 16.0. The van der Waals surface area contributed by atoms with Gasteiger partial charge in [0.2, 0.25) is 0 Å². The second-order valence-electron chi connectivity index (χ2n) is 7.27. The maximum atomic E-state index is 12.2. The lowest BCUT2D eigenvalue weighted by Crippen LogP contribution is -2.49. The van der Waals surface area contributed by atoms with E-state index in [4.69, 9.17) is 0 Å². The third-order valence-corrected chi connectivity index (χ3v) is 5.55. The van der Waals surface area contributed by atoms with Crippen LogP contribution in [0, 0.1) is 5.92 Å². The molecule has 5 rings (SSSR count). The number of amidine groups is 1. The molecule has 1 aromatic carbocycles. The summed E-state index contributed by atoms with van der Waals surface area (Å²) < 4.78 is 1.89. The number of rotatable bonds is 1. The summed E-state index contributed by atoms with van der Waals surface area (Å²) in [6.45, 7) is 2.11. The molecule has 0 saturated carbocycles. The normalized spacial score (nSPS) is 21.9. The number of piperidine rings is 1. The molecule has 2 bridgehead atoms. The number of hydrogen-bond donors (Lipinski definition) is 1. The summed E-state index contributed by atoms with van der Waals surface area (Å²) in [4.78, 5) is 23.3. The van der Waals surface area contributed by atoms with Crippen molar-refractivity contribution in [3.63, 3.8) is 0 Å². The molecule has 2 aliphatic heterocycles. The second kappa shape index (κ2) is 6.19. The van der Waals surface area contributed by atoms with E-state index in [1.54, 1.807) is 12.3 Å². The van der Waals surface area contributed by atoms with Gasteiger partial charge in [0.1, 0.15) is 5.69 Å². The Bertz CT molecular complexity index is 1110. The van der Waals surface area contributed by atoms with E-state index in [0.717, 1.165) is 29.7 Å². The van der Waals surface area contributed by atoms with E-state index < -0.39 is 0 Å². The fourth-order valence-corrected chi connectivity index (χ4v) is 4.41. The quantitative estimate of drug-likeness (QED) is 0.310. The first-order valence-electron chi connectivity index (χ1n) is 9.12. The third kappa shape index (κ3) is 2.66. The third-order valence-electron chi connectivity index (χ3n) is 5.55. The highest BCUT2D eigenvalue weighted by molar-refractivity contribution is 5.97. The molecule has 1 saturated heterocycles. The van der Waals surface area contributed by atoms with Crippen LogP contribution >= 0.6 is 0 Å². The molecule has 2 aliphatic rings. The maximum absolute atomic E-state index is 12.2. The molecule has 1 N–H and O–H groups in total. The first-order valence-corrected chi connectivity index (χ1v) is 9.12. The number of para-hydroxylation sites is 2. The molecule has 27 heavy (non-hydrogen) atoms. The lowest BCUT2D eigenvalue weighted by atomic mass is 9.83. The zero-order valence-electron chi connectivity index (χ0n) is 14.7. The van der Waals surface area contributed by atoms with Gasteiger partial charge in [0.25, 0.3) is 5.56 Å². The number of benzene rings is 1. The van der Waals surface area contributed by atoms with Gasteiger partial charge in [-0.1, -0.05) is 23.4 Å². The standard InChI is InChI=1S/C20H19N5O2/c26-19-7-3-6-18-14-8-13(11-25(18)19)10-24(12-14)20(23-27)17-9-21-15-4-1-2-5-16(15)22-17/h1-7,9,13-14,27H,8,10-12H2/b23-20-. The summed E-state index contributed by atoms with van der Waals surface area (Å²) in [6, 6.07) is 13.1. The lowest BCUT2D eigenvalue weighted by Gasteiger charge is -2.43. The highest BCUT2D eigenvalue weighted by Gasteiger charge is 2.36. The number of nitrogens with zero attached hydrogens (tertiary/aromatic N) is 5. The van der Waals surface area contributed by atoms with Crippen LogP contribution in [0.3, 0.4) is 0 Å². The van der Waals surface area contributed by atoms with Gasteiger partial charge in [-0.3, -0.25) is 9.78 Å².